The normalized spacial score (nSPS) is 10.9. The van der Waals surface area contributed by atoms with Gasteiger partial charge in [-0.1, -0.05) is 39.4 Å². The summed E-state index contributed by atoms with van der Waals surface area (Å²) < 4.78 is 2.37. The standard InChI is InChI=1S/C15H13BrN2S/c1-9-7-11(8-10(2)14(9)16)17-15-18-12-5-3-4-6-13(12)19-15/h3-8H,1-2H3,(H,17,18). The Hall–Kier alpha value is -1.39. The van der Waals surface area contributed by atoms with Crippen molar-refractivity contribution in [1.82, 2.24) is 4.98 Å². The fourth-order valence-electron chi connectivity index (χ4n) is 2.07. The van der Waals surface area contributed by atoms with E-state index in [2.05, 4.69) is 58.3 Å². The van der Waals surface area contributed by atoms with Gasteiger partial charge in [0.25, 0.3) is 0 Å². The Morgan fingerprint density at radius 3 is 2.47 bits per heavy atom. The zero-order valence-corrected chi connectivity index (χ0v) is 13.1. The van der Waals surface area contributed by atoms with Crippen LogP contribution in [0.1, 0.15) is 11.1 Å². The van der Waals surface area contributed by atoms with Crippen LogP contribution in [-0.4, -0.2) is 4.98 Å². The third-order valence-corrected chi connectivity index (χ3v) is 5.18. The van der Waals surface area contributed by atoms with Crippen LogP contribution in [0.2, 0.25) is 0 Å². The summed E-state index contributed by atoms with van der Waals surface area (Å²) in [5, 5.41) is 4.32. The first-order valence-electron chi connectivity index (χ1n) is 6.03. The number of hydrogen-bond acceptors (Lipinski definition) is 3. The first-order chi connectivity index (χ1) is 9.13. The van der Waals surface area contributed by atoms with Crippen molar-refractivity contribution in [2.24, 2.45) is 0 Å². The van der Waals surface area contributed by atoms with Gasteiger partial charge in [-0.15, -0.1) is 0 Å². The lowest BCUT2D eigenvalue weighted by molar-refractivity contribution is 1.33. The lowest BCUT2D eigenvalue weighted by Gasteiger charge is -2.08. The van der Waals surface area contributed by atoms with Crippen LogP contribution < -0.4 is 5.32 Å². The fourth-order valence-corrected chi connectivity index (χ4v) is 3.18. The molecule has 0 fully saturated rings. The van der Waals surface area contributed by atoms with Gasteiger partial charge in [-0.25, -0.2) is 4.98 Å². The summed E-state index contributed by atoms with van der Waals surface area (Å²) in [6, 6.07) is 12.4. The Bertz CT molecular complexity index is 693. The van der Waals surface area contributed by atoms with Gasteiger partial charge in [-0.3, -0.25) is 0 Å². The van der Waals surface area contributed by atoms with Crippen molar-refractivity contribution < 1.29 is 0 Å². The topological polar surface area (TPSA) is 24.9 Å². The van der Waals surface area contributed by atoms with Crippen molar-refractivity contribution in [3.8, 4) is 0 Å². The summed E-state index contributed by atoms with van der Waals surface area (Å²) in [5.41, 5.74) is 4.57. The van der Waals surface area contributed by atoms with E-state index in [4.69, 9.17) is 0 Å². The van der Waals surface area contributed by atoms with E-state index in [9.17, 15) is 0 Å². The van der Waals surface area contributed by atoms with E-state index in [1.165, 1.54) is 20.3 Å². The molecule has 1 N–H and O–H groups in total. The second-order valence-electron chi connectivity index (χ2n) is 4.54. The zero-order valence-electron chi connectivity index (χ0n) is 10.7. The molecule has 0 unspecified atom stereocenters. The summed E-state index contributed by atoms with van der Waals surface area (Å²) in [7, 11) is 0. The summed E-state index contributed by atoms with van der Waals surface area (Å²) in [5.74, 6) is 0. The minimum atomic E-state index is 0.933. The van der Waals surface area contributed by atoms with E-state index in [-0.39, 0.29) is 0 Å². The minimum absolute atomic E-state index is 0.933. The lowest BCUT2D eigenvalue weighted by atomic mass is 10.1. The zero-order chi connectivity index (χ0) is 13.4. The molecule has 0 aliphatic heterocycles. The largest absolute Gasteiger partial charge is 0.332 e. The number of nitrogens with one attached hydrogen (secondary N) is 1. The molecule has 2 nitrogen and oxygen atoms in total. The van der Waals surface area contributed by atoms with Crippen LogP contribution in [-0.2, 0) is 0 Å². The van der Waals surface area contributed by atoms with Gasteiger partial charge >= 0.3 is 0 Å². The van der Waals surface area contributed by atoms with E-state index in [1.807, 2.05) is 18.2 Å². The number of benzene rings is 2. The quantitative estimate of drug-likeness (QED) is 0.677. The molecule has 1 heterocycles. The highest BCUT2D eigenvalue weighted by Crippen LogP contribution is 2.30. The second-order valence-corrected chi connectivity index (χ2v) is 6.36. The van der Waals surface area contributed by atoms with Gasteiger partial charge in [0.15, 0.2) is 5.13 Å². The molecule has 19 heavy (non-hydrogen) atoms. The predicted octanol–water partition coefficient (Wildman–Crippen LogP) is 5.42. The van der Waals surface area contributed by atoms with Crippen LogP contribution in [0.5, 0.6) is 0 Å². The number of fused-ring (bicyclic) bond motifs is 1. The van der Waals surface area contributed by atoms with Gasteiger partial charge < -0.3 is 5.32 Å². The summed E-state index contributed by atoms with van der Waals surface area (Å²) in [4.78, 5) is 4.59. The highest BCUT2D eigenvalue weighted by Gasteiger charge is 2.06. The second kappa shape index (κ2) is 4.94. The molecule has 2 aromatic carbocycles. The highest BCUT2D eigenvalue weighted by molar-refractivity contribution is 9.10. The van der Waals surface area contributed by atoms with Crippen LogP contribution in [0, 0.1) is 13.8 Å². The maximum atomic E-state index is 4.59. The van der Waals surface area contributed by atoms with Crippen LogP contribution in [0.3, 0.4) is 0 Å². The van der Waals surface area contributed by atoms with Gasteiger partial charge in [-0.2, -0.15) is 0 Å². The van der Waals surface area contributed by atoms with Crippen molar-refractivity contribution >= 4 is 48.3 Å². The number of para-hydroxylation sites is 1. The molecule has 3 rings (SSSR count). The highest BCUT2D eigenvalue weighted by atomic mass is 79.9. The van der Waals surface area contributed by atoms with Crippen molar-refractivity contribution in [1.29, 1.82) is 0 Å². The number of anilines is 2. The summed E-state index contributed by atoms with van der Waals surface area (Å²) in [6.45, 7) is 4.20. The van der Waals surface area contributed by atoms with Crippen LogP contribution in [0.4, 0.5) is 10.8 Å². The van der Waals surface area contributed by atoms with Crippen LogP contribution in [0.25, 0.3) is 10.2 Å². The molecule has 0 bridgehead atoms. The van der Waals surface area contributed by atoms with E-state index >= 15 is 0 Å². The van der Waals surface area contributed by atoms with Crippen LogP contribution in [0.15, 0.2) is 40.9 Å². The van der Waals surface area contributed by atoms with E-state index in [0.29, 0.717) is 0 Å². The molecule has 0 saturated heterocycles. The molecule has 96 valence electrons. The van der Waals surface area contributed by atoms with Crippen molar-refractivity contribution in [3.05, 3.63) is 52.0 Å². The molecule has 0 aliphatic rings. The average Bonchev–Trinajstić information content (AvgIpc) is 2.78. The number of aromatic nitrogens is 1. The average molecular weight is 333 g/mol. The molecule has 1 aromatic heterocycles. The molecule has 0 radical (unpaired) electrons. The first-order valence-corrected chi connectivity index (χ1v) is 7.64. The van der Waals surface area contributed by atoms with Gasteiger partial charge in [0.05, 0.1) is 10.2 Å². The smallest absolute Gasteiger partial charge is 0.188 e. The molecule has 0 aliphatic carbocycles. The molecule has 0 saturated carbocycles. The number of nitrogens with zero attached hydrogens (tertiary/aromatic N) is 1. The number of hydrogen-bond donors (Lipinski definition) is 1. The predicted molar refractivity (Wildman–Crippen MR) is 86.5 cm³/mol. The molecular formula is C15H13BrN2S. The van der Waals surface area contributed by atoms with E-state index in [0.717, 1.165) is 16.3 Å². The van der Waals surface area contributed by atoms with Gasteiger partial charge in [0.1, 0.15) is 0 Å². The third-order valence-electron chi connectivity index (χ3n) is 2.98. The van der Waals surface area contributed by atoms with Crippen molar-refractivity contribution in [2.45, 2.75) is 13.8 Å². The number of rotatable bonds is 2. The molecular weight excluding hydrogens is 320 g/mol. The Morgan fingerprint density at radius 1 is 1.11 bits per heavy atom. The van der Waals surface area contributed by atoms with E-state index in [1.54, 1.807) is 11.3 Å². The first kappa shape index (κ1) is 12.6. The van der Waals surface area contributed by atoms with Gasteiger partial charge in [-0.05, 0) is 49.2 Å². The Labute approximate surface area is 124 Å². The van der Waals surface area contributed by atoms with Gasteiger partial charge in [0, 0.05) is 10.2 Å². The molecule has 3 aromatic rings. The minimum Gasteiger partial charge on any atom is -0.332 e. The number of thiazole rings is 1. The number of aryl methyl sites for hydroxylation is 2. The monoisotopic (exact) mass is 332 g/mol. The van der Waals surface area contributed by atoms with Crippen molar-refractivity contribution in [3.63, 3.8) is 0 Å². The van der Waals surface area contributed by atoms with Crippen molar-refractivity contribution in [2.75, 3.05) is 5.32 Å². The Morgan fingerprint density at radius 2 is 1.79 bits per heavy atom. The maximum Gasteiger partial charge on any atom is 0.188 e. The summed E-state index contributed by atoms with van der Waals surface area (Å²) >= 11 is 5.26. The Balaban J connectivity index is 1.96. The van der Waals surface area contributed by atoms with Gasteiger partial charge in [0.2, 0.25) is 0 Å². The number of halogens is 1. The SMILES string of the molecule is Cc1cc(Nc2nc3ccccc3s2)cc(C)c1Br. The molecule has 0 spiro atoms. The van der Waals surface area contributed by atoms with E-state index < -0.39 is 0 Å². The molecule has 0 amide bonds. The lowest BCUT2D eigenvalue weighted by Crippen LogP contribution is -1.92. The molecule has 0 atom stereocenters. The fraction of sp³-hybridized carbons (Fsp3) is 0.133. The summed E-state index contributed by atoms with van der Waals surface area (Å²) in [6.07, 6.45) is 0. The maximum absolute atomic E-state index is 4.59. The molecule has 4 heteroatoms. The Kier molecular flexibility index (Phi) is 3.29. The third kappa shape index (κ3) is 2.51. The van der Waals surface area contributed by atoms with Crippen LogP contribution >= 0.6 is 27.3 Å².